The van der Waals surface area contributed by atoms with Crippen LogP contribution in [0, 0.1) is 11.8 Å². The van der Waals surface area contributed by atoms with Crippen LogP contribution in [0.1, 0.15) is 57.6 Å². The van der Waals surface area contributed by atoms with Gasteiger partial charge in [-0.05, 0) is 71.3 Å². The molecule has 1 N–H and O–H groups in total. The molecule has 0 saturated heterocycles. The van der Waals surface area contributed by atoms with Gasteiger partial charge in [0.2, 0.25) is 0 Å². The zero-order valence-corrected chi connectivity index (χ0v) is 14.8. The maximum Gasteiger partial charge on any atom is 0.0551 e. The quantitative estimate of drug-likeness (QED) is 0.683. The van der Waals surface area contributed by atoms with Crippen LogP contribution in [0.15, 0.2) is 22.7 Å². The van der Waals surface area contributed by atoms with Gasteiger partial charge in [-0.2, -0.15) is 0 Å². The Morgan fingerprint density at radius 1 is 1.40 bits per heavy atom. The van der Waals surface area contributed by atoms with Gasteiger partial charge in [0.15, 0.2) is 0 Å². The second-order valence-electron chi connectivity index (χ2n) is 6.14. The first-order chi connectivity index (χ1) is 9.61. The van der Waals surface area contributed by atoms with E-state index in [1.807, 2.05) is 0 Å². The van der Waals surface area contributed by atoms with Crippen LogP contribution in [0.2, 0.25) is 5.02 Å². The fraction of sp³-hybridized carbons (Fsp3) is 0.647. The van der Waals surface area contributed by atoms with Crippen molar-refractivity contribution in [1.29, 1.82) is 0 Å². The maximum atomic E-state index is 6.28. The van der Waals surface area contributed by atoms with Crippen LogP contribution in [0.4, 0.5) is 0 Å². The molecule has 0 bridgehead atoms. The summed E-state index contributed by atoms with van der Waals surface area (Å²) in [4.78, 5) is 0. The Morgan fingerprint density at radius 2 is 2.20 bits per heavy atom. The average Bonchev–Trinajstić information content (AvgIpc) is 2.43. The number of nitrogens with one attached hydrogen (secondary N) is 1. The zero-order chi connectivity index (χ0) is 14.5. The van der Waals surface area contributed by atoms with E-state index in [2.05, 4.69) is 53.3 Å². The molecule has 1 aliphatic rings. The van der Waals surface area contributed by atoms with Crippen LogP contribution in [0.5, 0.6) is 0 Å². The van der Waals surface area contributed by atoms with Gasteiger partial charge in [0.1, 0.15) is 0 Å². The summed E-state index contributed by atoms with van der Waals surface area (Å²) in [7, 11) is 0. The van der Waals surface area contributed by atoms with Gasteiger partial charge in [0.05, 0.1) is 5.02 Å². The first kappa shape index (κ1) is 16.3. The van der Waals surface area contributed by atoms with Gasteiger partial charge < -0.3 is 5.32 Å². The van der Waals surface area contributed by atoms with Gasteiger partial charge in [0, 0.05) is 10.5 Å². The molecule has 1 saturated carbocycles. The third-order valence-corrected chi connectivity index (χ3v) is 5.60. The predicted octanol–water partition coefficient (Wildman–Crippen LogP) is 5.97. The molecule has 1 aromatic carbocycles. The van der Waals surface area contributed by atoms with Crippen LogP contribution < -0.4 is 5.32 Å². The summed E-state index contributed by atoms with van der Waals surface area (Å²) in [5.74, 6) is 1.59. The number of hydrogen-bond acceptors (Lipinski definition) is 1. The zero-order valence-electron chi connectivity index (χ0n) is 12.5. The van der Waals surface area contributed by atoms with Crippen molar-refractivity contribution >= 4 is 27.5 Å². The lowest BCUT2D eigenvalue weighted by Gasteiger charge is -2.34. The predicted molar refractivity (Wildman–Crippen MR) is 91.3 cm³/mol. The molecule has 0 aromatic heterocycles. The highest BCUT2D eigenvalue weighted by Gasteiger charge is 2.27. The largest absolute Gasteiger partial charge is 0.310 e. The van der Waals surface area contributed by atoms with Crippen LogP contribution in [0.3, 0.4) is 0 Å². The Hall–Kier alpha value is -0.0500. The van der Waals surface area contributed by atoms with Crippen molar-refractivity contribution in [3.63, 3.8) is 0 Å². The molecule has 1 fully saturated rings. The van der Waals surface area contributed by atoms with Crippen molar-refractivity contribution in [2.24, 2.45) is 11.8 Å². The molecular formula is C17H25BrClN. The van der Waals surface area contributed by atoms with E-state index < -0.39 is 0 Å². The smallest absolute Gasteiger partial charge is 0.0551 e. The monoisotopic (exact) mass is 357 g/mol. The molecule has 1 aliphatic carbocycles. The molecular weight excluding hydrogens is 334 g/mol. The van der Waals surface area contributed by atoms with E-state index in [9.17, 15) is 0 Å². The highest BCUT2D eigenvalue weighted by molar-refractivity contribution is 9.10. The highest BCUT2D eigenvalue weighted by Crippen LogP contribution is 2.38. The van der Waals surface area contributed by atoms with Gasteiger partial charge in [-0.15, -0.1) is 0 Å². The van der Waals surface area contributed by atoms with Gasteiger partial charge >= 0.3 is 0 Å². The van der Waals surface area contributed by atoms with Crippen molar-refractivity contribution in [1.82, 2.24) is 5.32 Å². The molecule has 1 nitrogen and oxygen atoms in total. The van der Waals surface area contributed by atoms with Crippen LogP contribution in [-0.4, -0.2) is 6.54 Å². The lowest BCUT2D eigenvalue weighted by molar-refractivity contribution is 0.224. The van der Waals surface area contributed by atoms with E-state index in [4.69, 9.17) is 11.6 Å². The SMILES string of the molecule is CCCNC(c1ccc(Br)c(Cl)c1)C1CCCC(C)C1. The summed E-state index contributed by atoms with van der Waals surface area (Å²) in [6.45, 7) is 5.68. The van der Waals surface area contributed by atoms with Crippen molar-refractivity contribution in [2.75, 3.05) is 6.54 Å². The van der Waals surface area contributed by atoms with E-state index in [1.54, 1.807) is 0 Å². The molecule has 0 heterocycles. The minimum absolute atomic E-state index is 0.447. The molecule has 2 rings (SSSR count). The molecule has 20 heavy (non-hydrogen) atoms. The Labute approximate surface area is 136 Å². The molecule has 0 radical (unpaired) electrons. The summed E-state index contributed by atoms with van der Waals surface area (Å²) < 4.78 is 0.981. The van der Waals surface area contributed by atoms with E-state index in [0.717, 1.165) is 27.9 Å². The van der Waals surface area contributed by atoms with Gasteiger partial charge in [-0.1, -0.05) is 44.4 Å². The van der Waals surface area contributed by atoms with Crippen LogP contribution in [-0.2, 0) is 0 Å². The van der Waals surface area contributed by atoms with Crippen molar-refractivity contribution in [3.8, 4) is 0 Å². The molecule has 1 aromatic rings. The average molecular weight is 359 g/mol. The van der Waals surface area contributed by atoms with Crippen molar-refractivity contribution in [3.05, 3.63) is 33.3 Å². The third-order valence-electron chi connectivity index (χ3n) is 4.37. The number of rotatable bonds is 5. The molecule has 0 aliphatic heterocycles. The highest BCUT2D eigenvalue weighted by atomic mass is 79.9. The number of hydrogen-bond donors (Lipinski definition) is 1. The maximum absolute atomic E-state index is 6.28. The Bertz CT molecular complexity index is 435. The van der Waals surface area contributed by atoms with Gasteiger partial charge in [-0.3, -0.25) is 0 Å². The second-order valence-corrected chi connectivity index (χ2v) is 7.40. The van der Waals surface area contributed by atoms with Crippen molar-refractivity contribution in [2.45, 2.75) is 52.0 Å². The van der Waals surface area contributed by atoms with Crippen LogP contribution in [0.25, 0.3) is 0 Å². The first-order valence-electron chi connectivity index (χ1n) is 7.80. The summed E-state index contributed by atoms with van der Waals surface area (Å²) in [5.41, 5.74) is 1.34. The fourth-order valence-corrected chi connectivity index (χ4v) is 3.78. The third kappa shape index (κ3) is 4.22. The summed E-state index contributed by atoms with van der Waals surface area (Å²) >= 11 is 9.77. The molecule has 0 spiro atoms. The molecule has 0 amide bonds. The minimum atomic E-state index is 0.447. The Kier molecular flexibility index (Phi) is 6.38. The molecule has 3 atom stereocenters. The summed E-state index contributed by atoms with van der Waals surface area (Å²) in [6.07, 6.45) is 6.58. The first-order valence-corrected chi connectivity index (χ1v) is 8.97. The minimum Gasteiger partial charge on any atom is -0.310 e. The summed E-state index contributed by atoms with van der Waals surface area (Å²) in [6, 6.07) is 6.86. The molecule has 112 valence electrons. The number of benzene rings is 1. The lowest BCUT2D eigenvalue weighted by atomic mass is 9.76. The van der Waals surface area contributed by atoms with E-state index in [1.165, 1.54) is 37.7 Å². The van der Waals surface area contributed by atoms with Crippen LogP contribution >= 0.6 is 27.5 Å². The van der Waals surface area contributed by atoms with Gasteiger partial charge in [0.25, 0.3) is 0 Å². The molecule has 3 unspecified atom stereocenters. The molecule has 3 heteroatoms. The lowest BCUT2D eigenvalue weighted by Crippen LogP contribution is -2.31. The van der Waals surface area contributed by atoms with E-state index in [0.29, 0.717) is 6.04 Å². The second kappa shape index (κ2) is 7.82. The normalized spacial score (nSPS) is 24.6. The standard InChI is InChI=1S/C17H25BrClN/c1-3-9-20-17(13-6-4-5-12(2)10-13)14-7-8-15(18)16(19)11-14/h7-8,11-13,17,20H,3-6,9-10H2,1-2H3. The van der Waals surface area contributed by atoms with Gasteiger partial charge in [-0.25, -0.2) is 0 Å². The summed E-state index contributed by atoms with van der Waals surface area (Å²) in [5, 5.41) is 4.56. The Balaban J connectivity index is 2.19. The topological polar surface area (TPSA) is 12.0 Å². The van der Waals surface area contributed by atoms with Crippen molar-refractivity contribution < 1.29 is 0 Å². The fourth-order valence-electron chi connectivity index (χ4n) is 3.35. The van der Waals surface area contributed by atoms with E-state index >= 15 is 0 Å². The Morgan fingerprint density at radius 3 is 2.85 bits per heavy atom. The van der Waals surface area contributed by atoms with E-state index in [-0.39, 0.29) is 0 Å². The number of halogens is 2.